The van der Waals surface area contributed by atoms with Gasteiger partial charge in [-0.2, -0.15) is 0 Å². The lowest BCUT2D eigenvalue weighted by Crippen LogP contribution is -2.21. The third-order valence-electron chi connectivity index (χ3n) is 3.95. The van der Waals surface area contributed by atoms with E-state index in [4.69, 9.17) is 5.73 Å². The Morgan fingerprint density at radius 1 is 1.15 bits per heavy atom. The first-order chi connectivity index (χ1) is 9.59. The predicted molar refractivity (Wildman–Crippen MR) is 80.4 cm³/mol. The van der Waals surface area contributed by atoms with E-state index in [9.17, 15) is 4.79 Å². The monoisotopic (exact) mass is 266 g/mol. The van der Waals surface area contributed by atoms with E-state index >= 15 is 0 Å². The molecule has 20 heavy (non-hydrogen) atoms. The molecular formula is C17H18N2O. The molecule has 3 nitrogen and oxygen atoms in total. The van der Waals surface area contributed by atoms with Crippen molar-refractivity contribution >= 4 is 11.6 Å². The summed E-state index contributed by atoms with van der Waals surface area (Å²) < 4.78 is 0. The zero-order chi connectivity index (χ0) is 14.2. The Morgan fingerprint density at radius 3 is 2.40 bits per heavy atom. The van der Waals surface area contributed by atoms with E-state index in [-0.39, 0.29) is 11.4 Å². The number of nitrogens with one attached hydrogen (secondary N) is 1. The maximum Gasteiger partial charge on any atom is 0.221 e. The molecule has 3 rings (SSSR count). The predicted octanol–water partition coefficient (Wildman–Crippen LogP) is 2.99. The molecular weight excluding hydrogens is 248 g/mol. The molecule has 0 aliphatic heterocycles. The smallest absolute Gasteiger partial charge is 0.221 e. The molecule has 0 saturated heterocycles. The van der Waals surface area contributed by atoms with Crippen LogP contribution in [0.2, 0.25) is 0 Å². The molecule has 1 aliphatic rings. The van der Waals surface area contributed by atoms with Crippen molar-refractivity contribution in [3.8, 4) is 0 Å². The molecule has 1 fully saturated rings. The van der Waals surface area contributed by atoms with Crippen molar-refractivity contribution in [2.75, 3.05) is 5.32 Å². The third-order valence-corrected chi connectivity index (χ3v) is 3.95. The van der Waals surface area contributed by atoms with E-state index in [0.29, 0.717) is 5.92 Å². The van der Waals surface area contributed by atoms with Crippen molar-refractivity contribution in [3.63, 3.8) is 0 Å². The minimum absolute atomic E-state index is 0.0540. The van der Waals surface area contributed by atoms with Gasteiger partial charge in [0, 0.05) is 24.1 Å². The lowest BCUT2D eigenvalue weighted by molar-refractivity contribution is -0.114. The van der Waals surface area contributed by atoms with Crippen LogP contribution in [0.3, 0.4) is 0 Å². The van der Waals surface area contributed by atoms with Crippen LogP contribution in [0, 0.1) is 0 Å². The number of nitrogens with two attached hydrogens (primary N) is 1. The molecule has 1 saturated carbocycles. The molecule has 2 atom stereocenters. The maximum atomic E-state index is 11.0. The minimum atomic E-state index is -0.239. The number of anilines is 1. The fraction of sp³-hybridized carbons (Fsp3) is 0.235. The number of hydrogen-bond acceptors (Lipinski definition) is 2. The third kappa shape index (κ3) is 2.32. The molecule has 0 radical (unpaired) electrons. The van der Waals surface area contributed by atoms with Gasteiger partial charge in [-0.25, -0.2) is 0 Å². The van der Waals surface area contributed by atoms with Crippen LogP contribution < -0.4 is 11.1 Å². The van der Waals surface area contributed by atoms with Gasteiger partial charge in [-0.3, -0.25) is 4.79 Å². The summed E-state index contributed by atoms with van der Waals surface area (Å²) in [4.78, 5) is 11.0. The normalized spacial score (nSPS) is 24.2. The second-order valence-corrected chi connectivity index (χ2v) is 5.47. The van der Waals surface area contributed by atoms with Crippen LogP contribution >= 0.6 is 0 Å². The lowest BCUT2D eigenvalue weighted by atomic mass is 9.99. The van der Waals surface area contributed by atoms with Gasteiger partial charge >= 0.3 is 0 Å². The molecule has 102 valence electrons. The molecule has 0 aromatic heterocycles. The second kappa shape index (κ2) is 4.76. The van der Waals surface area contributed by atoms with Gasteiger partial charge in [0.1, 0.15) is 0 Å². The lowest BCUT2D eigenvalue weighted by Gasteiger charge is -2.12. The van der Waals surface area contributed by atoms with Crippen LogP contribution in [-0.4, -0.2) is 5.91 Å². The molecule has 2 aromatic rings. The molecule has 3 N–H and O–H groups in total. The number of hydrogen-bond donors (Lipinski definition) is 2. The molecule has 2 unspecified atom stereocenters. The molecule has 0 spiro atoms. The van der Waals surface area contributed by atoms with Crippen LogP contribution in [0.25, 0.3) is 0 Å². The fourth-order valence-corrected chi connectivity index (χ4v) is 2.76. The molecule has 2 aromatic carbocycles. The summed E-state index contributed by atoms with van der Waals surface area (Å²) in [5, 5.41) is 2.77. The Labute approximate surface area is 118 Å². The molecule has 0 bridgehead atoms. The number of carbonyl (C=O) groups is 1. The van der Waals surface area contributed by atoms with Gasteiger partial charge in [0.2, 0.25) is 5.91 Å². The molecule has 0 heterocycles. The Bertz CT molecular complexity index is 621. The highest BCUT2D eigenvalue weighted by molar-refractivity contribution is 5.88. The highest BCUT2D eigenvalue weighted by atomic mass is 16.1. The van der Waals surface area contributed by atoms with E-state index in [0.717, 1.165) is 12.1 Å². The summed E-state index contributed by atoms with van der Waals surface area (Å²) in [5.41, 5.74) is 9.50. The van der Waals surface area contributed by atoms with Gasteiger partial charge in [0.25, 0.3) is 0 Å². The average molecular weight is 266 g/mol. The number of rotatable bonds is 3. The highest BCUT2D eigenvalue weighted by Gasteiger charge is 2.52. The van der Waals surface area contributed by atoms with Gasteiger partial charge < -0.3 is 11.1 Å². The molecule has 3 heteroatoms. The zero-order valence-electron chi connectivity index (χ0n) is 11.5. The fourth-order valence-electron chi connectivity index (χ4n) is 2.76. The van der Waals surface area contributed by atoms with E-state index < -0.39 is 0 Å². The SMILES string of the molecule is CC(=O)Nc1ccc(C2CC2(N)c2ccccc2)cc1. The summed E-state index contributed by atoms with van der Waals surface area (Å²) in [6.45, 7) is 1.51. The van der Waals surface area contributed by atoms with Crippen LogP contribution in [0.5, 0.6) is 0 Å². The number of benzene rings is 2. The van der Waals surface area contributed by atoms with E-state index in [2.05, 4.69) is 17.4 Å². The summed E-state index contributed by atoms with van der Waals surface area (Å²) in [6.07, 6.45) is 0.969. The maximum absolute atomic E-state index is 11.0. The quantitative estimate of drug-likeness (QED) is 0.897. The zero-order valence-corrected chi connectivity index (χ0v) is 11.5. The largest absolute Gasteiger partial charge is 0.326 e. The van der Waals surface area contributed by atoms with E-state index in [1.54, 1.807) is 0 Å². The summed E-state index contributed by atoms with van der Waals surface area (Å²) in [5.74, 6) is 0.304. The number of carbonyl (C=O) groups excluding carboxylic acids is 1. The topological polar surface area (TPSA) is 55.1 Å². The van der Waals surface area contributed by atoms with Crippen LogP contribution in [0.4, 0.5) is 5.69 Å². The van der Waals surface area contributed by atoms with Crippen molar-refractivity contribution in [2.45, 2.75) is 24.8 Å². The number of amides is 1. The average Bonchev–Trinajstić information content (AvgIpc) is 3.14. The van der Waals surface area contributed by atoms with Crippen LogP contribution in [0.15, 0.2) is 54.6 Å². The van der Waals surface area contributed by atoms with Crippen molar-refractivity contribution in [3.05, 3.63) is 65.7 Å². The van der Waals surface area contributed by atoms with Gasteiger partial charge in [-0.15, -0.1) is 0 Å². The molecule has 1 aliphatic carbocycles. The van der Waals surface area contributed by atoms with Crippen molar-refractivity contribution in [1.82, 2.24) is 0 Å². The first-order valence-electron chi connectivity index (χ1n) is 6.81. The first-order valence-corrected chi connectivity index (χ1v) is 6.81. The second-order valence-electron chi connectivity index (χ2n) is 5.47. The van der Waals surface area contributed by atoms with Crippen molar-refractivity contribution in [1.29, 1.82) is 0 Å². The minimum Gasteiger partial charge on any atom is -0.326 e. The highest BCUT2D eigenvalue weighted by Crippen LogP contribution is 2.56. The van der Waals surface area contributed by atoms with Gasteiger partial charge in [0.05, 0.1) is 0 Å². The van der Waals surface area contributed by atoms with Crippen molar-refractivity contribution < 1.29 is 4.79 Å². The van der Waals surface area contributed by atoms with Gasteiger partial charge in [0.15, 0.2) is 0 Å². The van der Waals surface area contributed by atoms with Crippen LogP contribution in [-0.2, 0) is 10.3 Å². The first kappa shape index (κ1) is 12.9. The Balaban J connectivity index is 1.77. The Hall–Kier alpha value is -2.13. The molecule has 1 amide bonds. The standard InChI is InChI=1S/C17H18N2O/c1-12(20)19-15-9-7-13(8-10-15)16-11-17(16,18)14-5-3-2-4-6-14/h2-10,16H,11,18H2,1H3,(H,19,20). The summed E-state index contributed by atoms with van der Waals surface area (Å²) in [6, 6.07) is 18.2. The van der Waals surface area contributed by atoms with E-state index in [1.807, 2.05) is 42.5 Å². The van der Waals surface area contributed by atoms with Gasteiger partial charge in [-0.1, -0.05) is 42.5 Å². The summed E-state index contributed by atoms with van der Waals surface area (Å²) >= 11 is 0. The van der Waals surface area contributed by atoms with Crippen molar-refractivity contribution in [2.24, 2.45) is 5.73 Å². The summed E-state index contributed by atoms with van der Waals surface area (Å²) in [7, 11) is 0. The van der Waals surface area contributed by atoms with Crippen LogP contribution in [0.1, 0.15) is 30.4 Å². The van der Waals surface area contributed by atoms with E-state index in [1.165, 1.54) is 18.1 Å². The Morgan fingerprint density at radius 2 is 1.80 bits per heavy atom. The van der Waals surface area contributed by atoms with Gasteiger partial charge in [-0.05, 0) is 29.7 Å². The Kier molecular flexibility index (Phi) is 3.07.